The number of hydrogen-bond donors (Lipinski definition) is 1. The number of aliphatic imine (C=N–C) groups is 1. The van der Waals surface area contributed by atoms with Crippen LogP contribution in [0.3, 0.4) is 0 Å². The largest absolute Gasteiger partial charge is 0.356 e. The second-order valence-electron chi connectivity index (χ2n) is 5.07. The fraction of sp³-hybridized carbons (Fsp3) is 0.615. The zero-order valence-electron chi connectivity index (χ0n) is 12.9. The van der Waals surface area contributed by atoms with E-state index in [-0.39, 0.29) is 5.75 Å². The lowest BCUT2D eigenvalue weighted by Gasteiger charge is -2.22. The summed E-state index contributed by atoms with van der Waals surface area (Å²) in [6.07, 6.45) is 3.83. The van der Waals surface area contributed by atoms with Gasteiger partial charge >= 0.3 is 0 Å². The molecule has 0 aliphatic heterocycles. The molecule has 1 aromatic rings. The lowest BCUT2D eigenvalue weighted by atomic mass is 10.4. The molecule has 0 aromatic carbocycles. The van der Waals surface area contributed by atoms with E-state index in [0.717, 1.165) is 16.1 Å². The van der Waals surface area contributed by atoms with Crippen molar-refractivity contribution in [3.05, 3.63) is 22.4 Å². The van der Waals surface area contributed by atoms with E-state index in [1.807, 2.05) is 25.2 Å². The summed E-state index contributed by atoms with van der Waals surface area (Å²) in [5.74, 6) is 0.937. The highest BCUT2D eigenvalue weighted by molar-refractivity contribution is 9.10. The standard InChI is InChI=1S/C13H23BrN4O2S/c1-15-13(16-6-5-7-21(4,19)20)18(3)10-12-8-11(14)9-17(12)2/h8-9H,5-7,10H2,1-4H3,(H,15,16). The number of guanidine groups is 1. The maximum atomic E-state index is 11.1. The van der Waals surface area contributed by atoms with Crippen LogP contribution in [0.4, 0.5) is 0 Å². The van der Waals surface area contributed by atoms with Gasteiger partial charge in [0.25, 0.3) is 0 Å². The van der Waals surface area contributed by atoms with Gasteiger partial charge in [-0.15, -0.1) is 0 Å². The van der Waals surface area contributed by atoms with Crippen LogP contribution in [0.5, 0.6) is 0 Å². The zero-order valence-corrected chi connectivity index (χ0v) is 15.3. The molecule has 1 N–H and O–H groups in total. The number of sulfone groups is 1. The van der Waals surface area contributed by atoms with E-state index in [9.17, 15) is 8.42 Å². The van der Waals surface area contributed by atoms with Crippen molar-refractivity contribution < 1.29 is 8.42 Å². The lowest BCUT2D eigenvalue weighted by molar-refractivity contribution is 0.462. The summed E-state index contributed by atoms with van der Waals surface area (Å²) in [5.41, 5.74) is 1.16. The van der Waals surface area contributed by atoms with E-state index in [0.29, 0.717) is 19.5 Å². The summed E-state index contributed by atoms with van der Waals surface area (Å²) in [5, 5.41) is 3.18. The molecule has 21 heavy (non-hydrogen) atoms. The Labute approximate surface area is 135 Å². The highest BCUT2D eigenvalue weighted by atomic mass is 79.9. The van der Waals surface area contributed by atoms with Crippen LogP contribution in [0.2, 0.25) is 0 Å². The van der Waals surface area contributed by atoms with Crippen LogP contribution < -0.4 is 5.32 Å². The van der Waals surface area contributed by atoms with Gasteiger partial charge in [0.15, 0.2) is 5.96 Å². The molecular weight excluding hydrogens is 356 g/mol. The van der Waals surface area contributed by atoms with Crippen LogP contribution in [-0.2, 0) is 23.4 Å². The molecule has 0 spiro atoms. The minimum Gasteiger partial charge on any atom is -0.356 e. The Morgan fingerprint density at radius 2 is 2.19 bits per heavy atom. The number of nitrogens with zero attached hydrogens (tertiary/aromatic N) is 3. The summed E-state index contributed by atoms with van der Waals surface area (Å²) in [7, 11) is 2.76. The molecule has 0 aliphatic rings. The Morgan fingerprint density at radius 3 is 2.67 bits per heavy atom. The second-order valence-corrected chi connectivity index (χ2v) is 8.25. The first-order valence-corrected chi connectivity index (χ1v) is 9.48. The summed E-state index contributed by atoms with van der Waals surface area (Å²) in [6, 6.07) is 2.06. The predicted octanol–water partition coefficient (Wildman–Crippen LogP) is 1.23. The van der Waals surface area contributed by atoms with Crippen molar-refractivity contribution in [2.24, 2.45) is 12.0 Å². The van der Waals surface area contributed by atoms with Crippen LogP contribution in [-0.4, -0.2) is 56.5 Å². The Balaban J connectivity index is 2.50. The van der Waals surface area contributed by atoms with E-state index in [2.05, 4.69) is 36.9 Å². The van der Waals surface area contributed by atoms with Crippen LogP contribution >= 0.6 is 15.9 Å². The minimum atomic E-state index is -2.90. The van der Waals surface area contributed by atoms with E-state index in [1.165, 1.54) is 6.26 Å². The topological polar surface area (TPSA) is 66.7 Å². The van der Waals surface area contributed by atoms with Gasteiger partial charge in [-0.1, -0.05) is 0 Å². The Morgan fingerprint density at radius 1 is 1.52 bits per heavy atom. The highest BCUT2D eigenvalue weighted by Crippen LogP contribution is 2.14. The van der Waals surface area contributed by atoms with Gasteiger partial charge in [0, 0.05) is 50.3 Å². The van der Waals surface area contributed by atoms with Crippen molar-refractivity contribution in [2.75, 3.05) is 32.6 Å². The first-order chi connectivity index (χ1) is 9.73. The molecule has 1 aromatic heterocycles. The third-order valence-corrected chi connectivity index (χ3v) is 4.49. The smallest absolute Gasteiger partial charge is 0.193 e. The van der Waals surface area contributed by atoms with Crippen LogP contribution in [0.25, 0.3) is 0 Å². The van der Waals surface area contributed by atoms with Crippen molar-refractivity contribution in [2.45, 2.75) is 13.0 Å². The maximum absolute atomic E-state index is 11.1. The first-order valence-electron chi connectivity index (χ1n) is 6.63. The Bertz CT molecular complexity index is 595. The third-order valence-electron chi connectivity index (χ3n) is 3.02. The number of nitrogens with one attached hydrogen (secondary N) is 1. The van der Waals surface area contributed by atoms with Gasteiger partial charge in [0.05, 0.1) is 12.3 Å². The van der Waals surface area contributed by atoms with Gasteiger partial charge < -0.3 is 14.8 Å². The van der Waals surface area contributed by atoms with E-state index in [4.69, 9.17) is 0 Å². The van der Waals surface area contributed by atoms with Crippen molar-refractivity contribution in [3.63, 3.8) is 0 Å². The fourth-order valence-electron chi connectivity index (χ4n) is 1.96. The van der Waals surface area contributed by atoms with Gasteiger partial charge in [0.1, 0.15) is 9.84 Å². The number of aromatic nitrogens is 1. The van der Waals surface area contributed by atoms with E-state index in [1.54, 1.807) is 7.05 Å². The number of rotatable bonds is 6. The normalized spacial score (nSPS) is 12.5. The zero-order chi connectivity index (χ0) is 16.0. The van der Waals surface area contributed by atoms with Gasteiger partial charge in [-0.05, 0) is 28.4 Å². The predicted molar refractivity (Wildman–Crippen MR) is 90.3 cm³/mol. The monoisotopic (exact) mass is 378 g/mol. The SMILES string of the molecule is CN=C(NCCCS(C)(=O)=O)N(C)Cc1cc(Br)cn1C. The van der Waals surface area contributed by atoms with Crippen LogP contribution in [0.1, 0.15) is 12.1 Å². The van der Waals surface area contributed by atoms with Gasteiger partial charge in [-0.2, -0.15) is 0 Å². The van der Waals surface area contributed by atoms with Crippen LogP contribution in [0.15, 0.2) is 21.7 Å². The third kappa shape index (κ3) is 6.52. The number of halogens is 1. The second kappa shape index (κ2) is 7.84. The molecule has 0 saturated heterocycles. The maximum Gasteiger partial charge on any atom is 0.193 e. The van der Waals surface area contributed by atoms with Crippen molar-refractivity contribution in [1.29, 1.82) is 0 Å². The number of hydrogen-bond acceptors (Lipinski definition) is 3. The quantitative estimate of drug-likeness (QED) is 0.459. The first kappa shape index (κ1) is 18.0. The Hall–Kier alpha value is -1.02. The molecule has 1 rings (SSSR count). The summed E-state index contributed by atoms with van der Waals surface area (Å²) in [4.78, 5) is 6.22. The molecular formula is C13H23BrN4O2S. The molecule has 120 valence electrons. The molecule has 0 bridgehead atoms. The van der Waals surface area contributed by atoms with Crippen LogP contribution in [0, 0.1) is 0 Å². The summed E-state index contributed by atoms with van der Waals surface area (Å²) >= 11 is 3.45. The molecule has 0 aliphatic carbocycles. The number of aryl methyl sites for hydroxylation is 1. The van der Waals surface area contributed by atoms with Crippen molar-refractivity contribution in [3.8, 4) is 0 Å². The summed E-state index contributed by atoms with van der Waals surface area (Å²) < 4.78 is 25.3. The molecule has 1 heterocycles. The molecule has 8 heteroatoms. The molecule has 0 atom stereocenters. The molecule has 0 fully saturated rings. The van der Waals surface area contributed by atoms with Gasteiger partial charge in [-0.25, -0.2) is 8.42 Å². The minimum absolute atomic E-state index is 0.186. The average Bonchev–Trinajstić information content (AvgIpc) is 2.66. The highest BCUT2D eigenvalue weighted by Gasteiger charge is 2.09. The molecule has 0 unspecified atom stereocenters. The molecule has 0 saturated carbocycles. The lowest BCUT2D eigenvalue weighted by Crippen LogP contribution is -2.39. The van der Waals surface area contributed by atoms with Gasteiger partial charge in [-0.3, -0.25) is 4.99 Å². The van der Waals surface area contributed by atoms with Gasteiger partial charge in [0.2, 0.25) is 0 Å². The molecule has 6 nitrogen and oxygen atoms in total. The van der Waals surface area contributed by atoms with E-state index < -0.39 is 9.84 Å². The van der Waals surface area contributed by atoms with E-state index >= 15 is 0 Å². The van der Waals surface area contributed by atoms with Crippen molar-refractivity contribution >= 4 is 31.7 Å². The Kier molecular flexibility index (Phi) is 6.73. The van der Waals surface area contributed by atoms with Crippen molar-refractivity contribution in [1.82, 2.24) is 14.8 Å². The molecule has 0 amide bonds. The fourth-order valence-corrected chi connectivity index (χ4v) is 3.20. The molecule has 0 radical (unpaired) electrons. The average molecular weight is 379 g/mol. The summed E-state index contributed by atoms with van der Waals surface area (Å²) in [6.45, 7) is 1.30.